The van der Waals surface area contributed by atoms with Crippen LogP contribution in [0.5, 0.6) is 5.75 Å². The number of aliphatic hydroxyl groups excluding tert-OH is 1. The van der Waals surface area contributed by atoms with Crippen LogP contribution in [0.4, 0.5) is 4.39 Å². The number of methoxy groups -OCH3 is 1. The first-order chi connectivity index (χ1) is 8.61. The number of thiophene rings is 1. The van der Waals surface area contributed by atoms with E-state index in [9.17, 15) is 9.50 Å². The van der Waals surface area contributed by atoms with Gasteiger partial charge in [-0.15, -0.1) is 11.3 Å². The van der Waals surface area contributed by atoms with Crippen molar-refractivity contribution >= 4 is 22.9 Å². The zero-order valence-electron chi connectivity index (χ0n) is 9.69. The molecule has 1 N–H and O–H groups in total. The van der Waals surface area contributed by atoms with Gasteiger partial charge in [0.15, 0.2) is 0 Å². The molecule has 2 aromatic rings. The monoisotopic (exact) mass is 286 g/mol. The summed E-state index contributed by atoms with van der Waals surface area (Å²) < 4.78 is 18.2. The van der Waals surface area contributed by atoms with Crippen molar-refractivity contribution in [2.45, 2.75) is 12.5 Å². The number of hydrogen-bond donors (Lipinski definition) is 1. The van der Waals surface area contributed by atoms with E-state index in [1.807, 2.05) is 5.38 Å². The number of aliphatic hydroxyl groups is 1. The normalized spacial score (nSPS) is 12.4. The SMILES string of the molecule is COc1ccsc1C(O)Cc1ccc(F)c(Cl)c1. The van der Waals surface area contributed by atoms with Crippen LogP contribution >= 0.6 is 22.9 Å². The summed E-state index contributed by atoms with van der Waals surface area (Å²) in [5, 5.41) is 12.1. The molecule has 1 heterocycles. The number of ether oxygens (including phenoxy) is 1. The molecule has 2 rings (SSSR count). The fourth-order valence-electron chi connectivity index (χ4n) is 1.70. The molecule has 0 bridgehead atoms. The first kappa shape index (κ1) is 13.3. The van der Waals surface area contributed by atoms with Crippen LogP contribution in [0.2, 0.25) is 5.02 Å². The maximum absolute atomic E-state index is 13.0. The van der Waals surface area contributed by atoms with Crippen molar-refractivity contribution in [1.29, 1.82) is 0 Å². The van der Waals surface area contributed by atoms with Crippen LogP contribution < -0.4 is 4.74 Å². The molecule has 5 heteroatoms. The number of hydrogen-bond acceptors (Lipinski definition) is 3. The topological polar surface area (TPSA) is 29.5 Å². The van der Waals surface area contributed by atoms with Gasteiger partial charge in [0, 0.05) is 6.42 Å². The van der Waals surface area contributed by atoms with E-state index in [2.05, 4.69) is 0 Å². The molecule has 1 unspecified atom stereocenters. The third-order valence-corrected chi connectivity index (χ3v) is 3.88. The summed E-state index contributed by atoms with van der Waals surface area (Å²) in [6.07, 6.45) is -0.307. The molecule has 0 saturated carbocycles. The van der Waals surface area contributed by atoms with E-state index in [4.69, 9.17) is 16.3 Å². The fourth-order valence-corrected chi connectivity index (χ4v) is 2.75. The Balaban J connectivity index is 2.16. The van der Waals surface area contributed by atoms with Crippen LogP contribution in [-0.4, -0.2) is 12.2 Å². The Morgan fingerprint density at radius 3 is 2.89 bits per heavy atom. The van der Waals surface area contributed by atoms with Gasteiger partial charge in [-0.2, -0.15) is 0 Å². The molecule has 0 fully saturated rings. The summed E-state index contributed by atoms with van der Waals surface area (Å²) in [5.41, 5.74) is 0.782. The zero-order valence-corrected chi connectivity index (χ0v) is 11.3. The zero-order chi connectivity index (χ0) is 13.1. The van der Waals surface area contributed by atoms with E-state index in [-0.39, 0.29) is 5.02 Å². The molecule has 1 aromatic heterocycles. The van der Waals surface area contributed by atoms with Crippen molar-refractivity contribution in [3.8, 4) is 5.75 Å². The van der Waals surface area contributed by atoms with Gasteiger partial charge in [0.2, 0.25) is 0 Å². The minimum Gasteiger partial charge on any atom is -0.495 e. The number of benzene rings is 1. The first-order valence-corrected chi connectivity index (χ1v) is 6.61. The second-order valence-corrected chi connectivity index (χ2v) is 5.18. The predicted octanol–water partition coefficient (Wildman–Crippen LogP) is 3.83. The van der Waals surface area contributed by atoms with Gasteiger partial charge in [-0.05, 0) is 29.1 Å². The summed E-state index contributed by atoms with van der Waals surface area (Å²) in [6, 6.07) is 6.25. The Kier molecular flexibility index (Phi) is 4.22. The lowest BCUT2D eigenvalue weighted by atomic mass is 10.1. The van der Waals surface area contributed by atoms with E-state index in [0.29, 0.717) is 12.2 Å². The van der Waals surface area contributed by atoms with Gasteiger partial charge in [0.05, 0.1) is 23.1 Å². The van der Waals surface area contributed by atoms with Gasteiger partial charge in [-0.1, -0.05) is 17.7 Å². The minimum atomic E-state index is -0.679. The lowest BCUT2D eigenvalue weighted by Gasteiger charge is -2.11. The minimum absolute atomic E-state index is 0.0674. The molecule has 0 aliphatic carbocycles. The summed E-state index contributed by atoms with van der Waals surface area (Å²) in [5.74, 6) is 0.212. The fraction of sp³-hybridized carbons (Fsp3) is 0.231. The molecule has 96 valence electrons. The Labute approximate surface area is 114 Å². The van der Waals surface area contributed by atoms with Crippen molar-refractivity contribution in [2.75, 3.05) is 7.11 Å². The molecule has 0 amide bonds. The smallest absolute Gasteiger partial charge is 0.141 e. The average molecular weight is 287 g/mol. The van der Waals surface area contributed by atoms with Crippen molar-refractivity contribution < 1.29 is 14.2 Å². The van der Waals surface area contributed by atoms with Crippen LogP contribution in [-0.2, 0) is 6.42 Å². The van der Waals surface area contributed by atoms with Gasteiger partial charge >= 0.3 is 0 Å². The summed E-state index contributed by atoms with van der Waals surface area (Å²) in [7, 11) is 1.56. The second kappa shape index (κ2) is 5.69. The van der Waals surface area contributed by atoms with Gasteiger partial charge in [0.1, 0.15) is 11.6 Å². The summed E-state index contributed by atoms with van der Waals surface area (Å²) in [4.78, 5) is 0.762. The summed E-state index contributed by atoms with van der Waals surface area (Å²) >= 11 is 7.13. The Bertz CT molecular complexity index is 542. The highest BCUT2D eigenvalue weighted by atomic mass is 35.5. The van der Waals surface area contributed by atoms with Gasteiger partial charge in [0.25, 0.3) is 0 Å². The second-order valence-electron chi connectivity index (χ2n) is 3.82. The van der Waals surface area contributed by atoms with Gasteiger partial charge in [-0.25, -0.2) is 4.39 Å². The maximum atomic E-state index is 13.0. The van der Waals surface area contributed by atoms with Gasteiger partial charge in [-0.3, -0.25) is 0 Å². The maximum Gasteiger partial charge on any atom is 0.141 e. The highest BCUT2D eigenvalue weighted by Gasteiger charge is 2.16. The molecule has 0 spiro atoms. The molecule has 0 radical (unpaired) electrons. The van der Waals surface area contributed by atoms with Crippen LogP contribution in [0.1, 0.15) is 16.5 Å². The summed E-state index contributed by atoms with van der Waals surface area (Å²) in [6.45, 7) is 0. The Morgan fingerprint density at radius 2 is 2.22 bits per heavy atom. The van der Waals surface area contributed by atoms with Crippen molar-refractivity contribution in [3.05, 3.63) is 50.9 Å². The van der Waals surface area contributed by atoms with Crippen LogP contribution in [0.15, 0.2) is 29.6 Å². The molecule has 0 saturated heterocycles. The van der Waals surface area contributed by atoms with E-state index in [0.717, 1.165) is 10.4 Å². The standard InChI is InChI=1S/C13H12ClFO2S/c1-17-12-4-5-18-13(12)11(16)7-8-2-3-10(15)9(14)6-8/h2-6,11,16H,7H2,1H3. The van der Waals surface area contributed by atoms with Gasteiger partial charge < -0.3 is 9.84 Å². The van der Waals surface area contributed by atoms with Crippen molar-refractivity contribution in [2.24, 2.45) is 0 Å². The largest absolute Gasteiger partial charge is 0.495 e. The van der Waals surface area contributed by atoms with E-state index in [1.54, 1.807) is 19.2 Å². The van der Waals surface area contributed by atoms with Crippen molar-refractivity contribution in [3.63, 3.8) is 0 Å². The quantitative estimate of drug-likeness (QED) is 0.926. The molecule has 0 aliphatic rings. The first-order valence-electron chi connectivity index (χ1n) is 5.35. The molecule has 1 aromatic carbocycles. The molecule has 2 nitrogen and oxygen atoms in total. The number of rotatable bonds is 4. The van der Waals surface area contributed by atoms with E-state index in [1.165, 1.54) is 23.5 Å². The lowest BCUT2D eigenvalue weighted by molar-refractivity contribution is 0.178. The molecule has 0 aliphatic heterocycles. The molecular weight excluding hydrogens is 275 g/mol. The molecular formula is C13H12ClFO2S. The average Bonchev–Trinajstić information content (AvgIpc) is 2.82. The molecule has 1 atom stereocenters. The third-order valence-electron chi connectivity index (χ3n) is 2.59. The Morgan fingerprint density at radius 1 is 1.44 bits per heavy atom. The van der Waals surface area contributed by atoms with Crippen LogP contribution in [0.3, 0.4) is 0 Å². The highest BCUT2D eigenvalue weighted by Crippen LogP contribution is 2.33. The van der Waals surface area contributed by atoms with Crippen LogP contribution in [0.25, 0.3) is 0 Å². The predicted molar refractivity (Wildman–Crippen MR) is 70.9 cm³/mol. The van der Waals surface area contributed by atoms with E-state index >= 15 is 0 Å². The Hall–Kier alpha value is -1.10. The molecule has 18 heavy (non-hydrogen) atoms. The highest BCUT2D eigenvalue weighted by molar-refractivity contribution is 7.10. The van der Waals surface area contributed by atoms with E-state index < -0.39 is 11.9 Å². The van der Waals surface area contributed by atoms with Crippen LogP contribution in [0, 0.1) is 5.82 Å². The van der Waals surface area contributed by atoms with Crippen molar-refractivity contribution in [1.82, 2.24) is 0 Å². The number of halogens is 2. The third kappa shape index (κ3) is 2.83. The lowest BCUT2D eigenvalue weighted by Crippen LogP contribution is -2.01.